The molecule has 110 valence electrons. The highest BCUT2D eigenvalue weighted by Gasteiger charge is 2.12. The number of pyridine rings is 2. The van der Waals surface area contributed by atoms with Crippen LogP contribution in [0.4, 0.5) is 0 Å². The highest BCUT2D eigenvalue weighted by Crippen LogP contribution is 2.17. The van der Waals surface area contributed by atoms with E-state index in [2.05, 4.69) is 9.97 Å². The van der Waals surface area contributed by atoms with E-state index in [1.807, 2.05) is 42.5 Å². The summed E-state index contributed by atoms with van der Waals surface area (Å²) in [6.45, 7) is 0.381. The van der Waals surface area contributed by atoms with Gasteiger partial charge in [0.25, 0.3) is 0 Å². The minimum atomic E-state index is -0.369. The van der Waals surface area contributed by atoms with Crippen LogP contribution in [0.5, 0.6) is 0 Å². The summed E-state index contributed by atoms with van der Waals surface area (Å²) in [6.07, 6.45) is 6.80. The number of nitrogens with zero attached hydrogens (tertiary/aromatic N) is 2. The van der Waals surface area contributed by atoms with E-state index in [1.54, 1.807) is 18.6 Å². The number of aryl methyl sites for hydroxylation is 1. The largest absolute Gasteiger partial charge is 0.461 e. The molecule has 22 heavy (non-hydrogen) atoms. The fourth-order valence-electron chi connectivity index (χ4n) is 2.34. The molecule has 0 amide bonds. The molecular formula is C18H16N2O2. The van der Waals surface area contributed by atoms with Crippen molar-refractivity contribution in [3.8, 4) is 0 Å². The third-order valence-corrected chi connectivity index (χ3v) is 3.46. The molecule has 0 N–H and O–H groups in total. The van der Waals surface area contributed by atoms with Crippen LogP contribution in [0.3, 0.4) is 0 Å². The first-order chi connectivity index (χ1) is 10.8. The van der Waals surface area contributed by atoms with Crippen LogP contribution in [0, 0.1) is 0 Å². The Bertz CT molecular complexity index is 767. The van der Waals surface area contributed by atoms with Gasteiger partial charge in [0.15, 0.2) is 5.69 Å². The predicted octanol–water partition coefficient (Wildman–Crippen LogP) is 3.42. The van der Waals surface area contributed by atoms with Crippen LogP contribution in [0.25, 0.3) is 10.8 Å². The smallest absolute Gasteiger partial charge is 0.357 e. The molecule has 0 spiro atoms. The fraction of sp³-hybridized carbons (Fsp3) is 0.167. The molecule has 0 atom stereocenters. The van der Waals surface area contributed by atoms with Crippen LogP contribution in [-0.2, 0) is 11.2 Å². The SMILES string of the molecule is O=C(OCCCc1ccncc1)c1nccc2ccccc12. The van der Waals surface area contributed by atoms with Gasteiger partial charge in [0.05, 0.1) is 6.61 Å². The molecule has 3 rings (SSSR count). The number of aromatic nitrogens is 2. The topological polar surface area (TPSA) is 52.1 Å². The molecule has 0 saturated heterocycles. The van der Waals surface area contributed by atoms with Gasteiger partial charge in [0.2, 0.25) is 0 Å². The third kappa shape index (κ3) is 3.28. The van der Waals surface area contributed by atoms with Crippen molar-refractivity contribution in [1.82, 2.24) is 9.97 Å². The zero-order valence-electron chi connectivity index (χ0n) is 12.1. The van der Waals surface area contributed by atoms with E-state index in [4.69, 9.17) is 4.74 Å². The Morgan fingerprint density at radius 3 is 2.68 bits per heavy atom. The number of ether oxygens (including phenoxy) is 1. The molecule has 2 aromatic heterocycles. The van der Waals surface area contributed by atoms with E-state index >= 15 is 0 Å². The van der Waals surface area contributed by atoms with Crippen LogP contribution in [0.1, 0.15) is 22.5 Å². The predicted molar refractivity (Wildman–Crippen MR) is 84.6 cm³/mol. The van der Waals surface area contributed by atoms with Crippen LogP contribution in [-0.4, -0.2) is 22.5 Å². The maximum atomic E-state index is 12.2. The van der Waals surface area contributed by atoms with Crippen LogP contribution in [0.15, 0.2) is 61.1 Å². The average Bonchev–Trinajstić information content (AvgIpc) is 2.59. The highest BCUT2D eigenvalue weighted by atomic mass is 16.5. The van der Waals surface area contributed by atoms with Crippen LogP contribution < -0.4 is 0 Å². The number of esters is 1. The quantitative estimate of drug-likeness (QED) is 0.534. The Balaban J connectivity index is 1.60. The molecule has 2 heterocycles. The molecule has 0 aliphatic carbocycles. The van der Waals surface area contributed by atoms with E-state index in [0.29, 0.717) is 12.3 Å². The van der Waals surface area contributed by atoms with Crippen LogP contribution >= 0.6 is 0 Å². The summed E-state index contributed by atoms with van der Waals surface area (Å²) >= 11 is 0. The monoisotopic (exact) mass is 292 g/mol. The van der Waals surface area contributed by atoms with Crippen molar-refractivity contribution in [2.24, 2.45) is 0 Å². The summed E-state index contributed by atoms with van der Waals surface area (Å²) in [7, 11) is 0. The van der Waals surface area contributed by atoms with Gasteiger partial charge in [-0.05, 0) is 42.0 Å². The molecule has 4 heteroatoms. The number of fused-ring (bicyclic) bond motifs is 1. The second kappa shape index (κ2) is 6.80. The summed E-state index contributed by atoms with van der Waals surface area (Å²) in [5.41, 5.74) is 1.57. The minimum absolute atomic E-state index is 0.369. The van der Waals surface area contributed by atoms with Gasteiger partial charge in [0, 0.05) is 24.0 Å². The molecule has 1 aromatic carbocycles. The zero-order valence-corrected chi connectivity index (χ0v) is 12.1. The molecule has 0 saturated carbocycles. The summed E-state index contributed by atoms with van der Waals surface area (Å²) in [5, 5.41) is 1.81. The van der Waals surface area contributed by atoms with Crippen molar-refractivity contribution >= 4 is 16.7 Å². The molecular weight excluding hydrogens is 276 g/mol. The van der Waals surface area contributed by atoms with Crippen LogP contribution in [0.2, 0.25) is 0 Å². The molecule has 0 radical (unpaired) electrons. The maximum absolute atomic E-state index is 12.2. The normalized spacial score (nSPS) is 10.5. The second-order valence-electron chi connectivity index (χ2n) is 4.98. The van der Waals surface area contributed by atoms with Gasteiger partial charge in [-0.25, -0.2) is 9.78 Å². The van der Waals surface area contributed by atoms with E-state index in [1.165, 1.54) is 5.56 Å². The van der Waals surface area contributed by atoms with Crippen molar-refractivity contribution in [3.63, 3.8) is 0 Å². The van der Waals surface area contributed by atoms with E-state index < -0.39 is 0 Å². The Morgan fingerprint density at radius 2 is 1.82 bits per heavy atom. The van der Waals surface area contributed by atoms with Gasteiger partial charge in [-0.3, -0.25) is 4.98 Å². The first-order valence-corrected chi connectivity index (χ1v) is 7.24. The van der Waals surface area contributed by atoms with Crippen molar-refractivity contribution in [3.05, 3.63) is 72.3 Å². The number of hydrogen-bond donors (Lipinski definition) is 0. The number of carbonyl (C=O) groups excluding carboxylic acids is 1. The zero-order chi connectivity index (χ0) is 15.2. The Kier molecular flexibility index (Phi) is 4.39. The minimum Gasteiger partial charge on any atom is -0.461 e. The fourth-order valence-corrected chi connectivity index (χ4v) is 2.34. The summed E-state index contributed by atoms with van der Waals surface area (Å²) in [5.74, 6) is -0.369. The van der Waals surface area contributed by atoms with Gasteiger partial charge in [-0.15, -0.1) is 0 Å². The van der Waals surface area contributed by atoms with Gasteiger partial charge in [-0.1, -0.05) is 24.3 Å². The second-order valence-corrected chi connectivity index (χ2v) is 4.98. The average molecular weight is 292 g/mol. The van der Waals surface area contributed by atoms with Crippen molar-refractivity contribution < 1.29 is 9.53 Å². The Labute approximate surface area is 128 Å². The molecule has 0 unspecified atom stereocenters. The molecule has 0 aliphatic rings. The molecule has 4 nitrogen and oxygen atoms in total. The Hall–Kier alpha value is -2.75. The standard InChI is InChI=1S/C18H16N2O2/c21-18(22-13-3-4-14-7-10-19-11-8-14)17-16-6-2-1-5-15(16)9-12-20-17/h1-2,5-12H,3-4,13H2. The van der Waals surface area contributed by atoms with E-state index in [-0.39, 0.29) is 5.97 Å². The van der Waals surface area contributed by atoms with Gasteiger partial charge in [-0.2, -0.15) is 0 Å². The van der Waals surface area contributed by atoms with Gasteiger partial charge < -0.3 is 4.74 Å². The summed E-state index contributed by atoms with van der Waals surface area (Å²) in [6, 6.07) is 13.5. The van der Waals surface area contributed by atoms with Crippen molar-refractivity contribution in [2.75, 3.05) is 6.61 Å². The van der Waals surface area contributed by atoms with E-state index in [0.717, 1.165) is 23.6 Å². The Morgan fingerprint density at radius 1 is 1.00 bits per heavy atom. The molecule has 0 fully saturated rings. The third-order valence-electron chi connectivity index (χ3n) is 3.46. The molecule has 0 bridgehead atoms. The number of rotatable bonds is 5. The first-order valence-electron chi connectivity index (χ1n) is 7.24. The highest BCUT2D eigenvalue weighted by molar-refractivity contribution is 6.02. The number of benzene rings is 1. The lowest BCUT2D eigenvalue weighted by Crippen LogP contribution is -2.09. The van der Waals surface area contributed by atoms with Crippen molar-refractivity contribution in [1.29, 1.82) is 0 Å². The lowest BCUT2D eigenvalue weighted by atomic mass is 10.1. The lowest BCUT2D eigenvalue weighted by molar-refractivity contribution is 0.0496. The summed E-state index contributed by atoms with van der Waals surface area (Å²) in [4.78, 5) is 20.3. The number of hydrogen-bond acceptors (Lipinski definition) is 4. The molecule has 3 aromatic rings. The lowest BCUT2D eigenvalue weighted by Gasteiger charge is -2.06. The molecule has 0 aliphatic heterocycles. The summed E-state index contributed by atoms with van der Waals surface area (Å²) < 4.78 is 5.34. The van der Waals surface area contributed by atoms with Gasteiger partial charge in [0.1, 0.15) is 0 Å². The van der Waals surface area contributed by atoms with E-state index in [9.17, 15) is 4.79 Å². The maximum Gasteiger partial charge on any atom is 0.357 e. The number of carbonyl (C=O) groups is 1. The first kappa shape index (κ1) is 14.2. The van der Waals surface area contributed by atoms with Crippen molar-refractivity contribution in [2.45, 2.75) is 12.8 Å². The van der Waals surface area contributed by atoms with Gasteiger partial charge >= 0.3 is 5.97 Å².